The summed E-state index contributed by atoms with van der Waals surface area (Å²) in [6.07, 6.45) is 4.10. The summed E-state index contributed by atoms with van der Waals surface area (Å²) in [7, 11) is 0. The van der Waals surface area contributed by atoms with Crippen LogP contribution in [-0.4, -0.2) is 34.6 Å². The van der Waals surface area contributed by atoms with Gasteiger partial charge in [0.25, 0.3) is 0 Å². The van der Waals surface area contributed by atoms with E-state index in [-0.39, 0.29) is 12.1 Å². The molecule has 19 heavy (non-hydrogen) atoms. The van der Waals surface area contributed by atoms with Crippen LogP contribution in [0.5, 0.6) is 0 Å². The van der Waals surface area contributed by atoms with Gasteiger partial charge in [-0.3, -0.25) is 9.69 Å². The smallest absolute Gasteiger partial charge is 0.414 e. The average molecular weight is 267 g/mol. The number of hydrogen-bond donors (Lipinski definition) is 0. The number of ether oxygens (including phenoxy) is 1. The first kappa shape index (κ1) is 13.8. The van der Waals surface area contributed by atoms with Gasteiger partial charge in [-0.1, -0.05) is 6.08 Å². The van der Waals surface area contributed by atoms with Crippen LogP contribution >= 0.6 is 0 Å². The van der Waals surface area contributed by atoms with Crippen LogP contribution in [0.3, 0.4) is 0 Å². The minimum absolute atomic E-state index is 0.0977. The SMILES string of the molecule is CC(C)(C)OC(=O)N1CCCC2(F)C(=O)C=CC=C12. The standard InChI is InChI=1S/C14H18FNO3/c1-13(2,3)19-12(18)16-9-5-8-14(15)10(16)6-4-7-11(14)17/h4,6-7H,5,8-9H2,1-3H3. The molecule has 0 bridgehead atoms. The van der Waals surface area contributed by atoms with E-state index in [4.69, 9.17) is 4.74 Å². The Labute approximate surface area is 111 Å². The molecule has 104 valence electrons. The molecule has 5 heteroatoms. The molecule has 1 fully saturated rings. The van der Waals surface area contributed by atoms with Gasteiger partial charge in [0, 0.05) is 6.54 Å². The van der Waals surface area contributed by atoms with Crippen LogP contribution in [-0.2, 0) is 9.53 Å². The first-order chi connectivity index (χ1) is 8.74. The Hall–Kier alpha value is -1.65. The second kappa shape index (κ2) is 4.47. The lowest BCUT2D eigenvalue weighted by Crippen LogP contribution is -2.51. The molecule has 0 spiro atoms. The van der Waals surface area contributed by atoms with Gasteiger partial charge in [-0.05, 0) is 45.8 Å². The molecule has 1 heterocycles. The fourth-order valence-corrected chi connectivity index (χ4v) is 2.28. The van der Waals surface area contributed by atoms with Crippen molar-refractivity contribution in [2.24, 2.45) is 0 Å². The number of amides is 1. The molecule has 1 amide bonds. The van der Waals surface area contributed by atoms with Gasteiger partial charge < -0.3 is 4.74 Å². The van der Waals surface area contributed by atoms with Gasteiger partial charge >= 0.3 is 6.09 Å². The third kappa shape index (κ3) is 2.55. The number of ketones is 1. The second-order valence-electron chi connectivity index (χ2n) is 5.81. The summed E-state index contributed by atoms with van der Waals surface area (Å²) < 4.78 is 20.0. The van der Waals surface area contributed by atoms with E-state index in [1.54, 1.807) is 20.8 Å². The molecule has 2 aliphatic rings. The first-order valence-electron chi connectivity index (χ1n) is 6.37. The summed E-state index contributed by atoms with van der Waals surface area (Å²) in [6, 6.07) is 0. The summed E-state index contributed by atoms with van der Waals surface area (Å²) in [5.41, 5.74) is -2.63. The van der Waals surface area contributed by atoms with Crippen molar-refractivity contribution in [3.8, 4) is 0 Å². The lowest BCUT2D eigenvalue weighted by Gasteiger charge is -2.39. The van der Waals surface area contributed by atoms with Gasteiger partial charge in [-0.15, -0.1) is 0 Å². The van der Waals surface area contributed by atoms with E-state index in [0.717, 1.165) is 0 Å². The van der Waals surface area contributed by atoms with Crippen molar-refractivity contribution in [2.45, 2.75) is 44.9 Å². The van der Waals surface area contributed by atoms with E-state index in [9.17, 15) is 14.0 Å². The molecule has 0 N–H and O–H groups in total. The largest absolute Gasteiger partial charge is 0.443 e. The maximum Gasteiger partial charge on any atom is 0.414 e. The fraction of sp³-hybridized carbons (Fsp3) is 0.571. The molecule has 1 aliphatic heterocycles. The van der Waals surface area contributed by atoms with E-state index in [0.29, 0.717) is 13.0 Å². The number of carbonyl (C=O) groups is 2. The third-order valence-electron chi connectivity index (χ3n) is 3.11. The Kier molecular flexibility index (Phi) is 3.24. The van der Waals surface area contributed by atoms with Crippen molar-refractivity contribution >= 4 is 11.9 Å². The maximum absolute atomic E-state index is 14.7. The van der Waals surface area contributed by atoms with Crippen molar-refractivity contribution in [3.63, 3.8) is 0 Å². The monoisotopic (exact) mass is 267 g/mol. The fourth-order valence-electron chi connectivity index (χ4n) is 2.28. The zero-order chi connectivity index (χ0) is 14.3. The topological polar surface area (TPSA) is 46.6 Å². The van der Waals surface area contributed by atoms with Crippen LogP contribution in [0.15, 0.2) is 23.9 Å². The van der Waals surface area contributed by atoms with E-state index in [1.807, 2.05) is 0 Å². The molecule has 0 radical (unpaired) electrons. The summed E-state index contributed by atoms with van der Waals surface area (Å²) in [5, 5.41) is 0. The van der Waals surface area contributed by atoms with E-state index >= 15 is 0 Å². The normalized spacial score (nSPS) is 26.8. The Balaban J connectivity index is 2.27. The predicted octanol–water partition coefficient (Wildman–Crippen LogP) is 2.75. The van der Waals surface area contributed by atoms with E-state index < -0.39 is 23.1 Å². The zero-order valence-corrected chi connectivity index (χ0v) is 11.4. The molecular formula is C14H18FNO3. The van der Waals surface area contributed by atoms with Crippen LogP contribution in [0.4, 0.5) is 9.18 Å². The van der Waals surface area contributed by atoms with Crippen molar-refractivity contribution in [1.29, 1.82) is 0 Å². The quantitative estimate of drug-likeness (QED) is 0.678. The molecule has 0 saturated carbocycles. The lowest BCUT2D eigenvalue weighted by atomic mass is 9.84. The summed E-state index contributed by atoms with van der Waals surface area (Å²) >= 11 is 0. The number of halogens is 1. The Bertz CT molecular complexity index is 476. The Morgan fingerprint density at radius 3 is 2.79 bits per heavy atom. The molecule has 0 aromatic heterocycles. The number of alkyl halides is 1. The highest BCUT2D eigenvalue weighted by Gasteiger charge is 2.49. The number of carbonyl (C=O) groups excluding carboxylic acids is 2. The molecule has 0 aromatic rings. The zero-order valence-electron chi connectivity index (χ0n) is 11.4. The highest BCUT2D eigenvalue weighted by molar-refractivity contribution is 6.01. The molecule has 1 unspecified atom stereocenters. The first-order valence-corrected chi connectivity index (χ1v) is 6.37. The Morgan fingerprint density at radius 1 is 1.47 bits per heavy atom. The highest BCUT2D eigenvalue weighted by Crippen LogP contribution is 2.38. The van der Waals surface area contributed by atoms with Crippen molar-refractivity contribution in [2.75, 3.05) is 6.54 Å². The summed E-state index contributed by atoms with van der Waals surface area (Å²) in [4.78, 5) is 25.0. The third-order valence-corrected chi connectivity index (χ3v) is 3.11. The number of hydrogen-bond acceptors (Lipinski definition) is 3. The number of allylic oxidation sites excluding steroid dienone is 4. The van der Waals surface area contributed by atoms with Crippen molar-refractivity contribution < 1.29 is 18.7 Å². The second-order valence-corrected chi connectivity index (χ2v) is 5.81. The van der Waals surface area contributed by atoms with Crippen LogP contribution in [0.2, 0.25) is 0 Å². The molecule has 0 aromatic carbocycles. The van der Waals surface area contributed by atoms with E-state index in [2.05, 4.69) is 0 Å². The van der Waals surface area contributed by atoms with Crippen LogP contribution in [0, 0.1) is 0 Å². The minimum Gasteiger partial charge on any atom is -0.443 e. The predicted molar refractivity (Wildman–Crippen MR) is 68.2 cm³/mol. The Morgan fingerprint density at radius 2 is 2.16 bits per heavy atom. The molecule has 1 saturated heterocycles. The van der Waals surface area contributed by atoms with Gasteiger partial charge in [0.15, 0.2) is 5.78 Å². The summed E-state index contributed by atoms with van der Waals surface area (Å²) in [5.74, 6) is -0.599. The van der Waals surface area contributed by atoms with Gasteiger partial charge in [-0.2, -0.15) is 0 Å². The number of likely N-dealkylation sites (tertiary alicyclic amines) is 1. The van der Waals surface area contributed by atoms with Gasteiger partial charge in [-0.25, -0.2) is 9.18 Å². The highest BCUT2D eigenvalue weighted by atomic mass is 19.1. The number of piperidine rings is 1. The molecule has 2 rings (SSSR count). The van der Waals surface area contributed by atoms with Gasteiger partial charge in [0.05, 0.1) is 5.70 Å². The average Bonchev–Trinajstić information content (AvgIpc) is 2.27. The van der Waals surface area contributed by atoms with Crippen LogP contribution in [0.1, 0.15) is 33.6 Å². The number of rotatable bonds is 0. The lowest BCUT2D eigenvalue weighted by molar-refractivity contribution is -0.126. The molecule has 1 atom stereocenters. The van der Waals surface area contributed by atoms with Crippen molar-refractivity contribution in [1.82, 2.24) is 4.90 Å². The van der Waals surface area contributed by atoms with Gasteiger partial charge in [0.1, 0.15) is 5.60 Å². The van der Waals surface area contributed by atoms with Crippen molar-refractivity contribution in [3.05, 3.63) is 23.9 Å². The summed E-state index contributed by atoms with van der Waals surface area (Å²) in [6.45, 7) is 5.61. The number of fused-ring (bicyclic) bond motifs is 1. The van der Waals surface area contributed by atoms with Crippen LogP contribution < -0.4 is 0 Å². The molecule has 1 aliphatic carbocycles. The van der Waals surface area contributed by atoms with Gasteiger partial charge in [0.2, 0.25) is 5.67 Å². The molecule has 4 nitrogen and oxygen atoms in total. The van der Waals surface area contributed by atoms with E-state index in [1.165, 1.54) is 23.1 Å². The maximum atomic E-state index is 14.7. The number of nitrogens with zero attached hydrogens (tertiary/aromatic N) is 1. The minimum atomic E-state index is -2.08. The van der Waals surface area contributed by atoms with Crippen LogP contribution in [0.25, 0.3) is 0 Å². The molecular weight excluding hydrogens is 249 g/mol.